The number of nitrogens with one attached hydrogen (secondary N) is 1. The molecule has 2 unspecified atom stereocenters. The van der Waals surface area contributed by atoms with Crippen molar-refractivity contribution in [3.05, 3.63) is 0 Å². The SMILES string of the molecule is CC1CC(C)(C)CCC1NCC1(CO)COC1. The van der Waals surface area contributed by atoms with E-state index >= 15 is 0 Å². The largest absolute Gasteiger partial charge is 0.396 e. The minimum Gasteiger partial charge on any atom is -0.396 e. The zero-order chi connectivity index (χ0) is 12.5. The highest BCUT2D eigenvalue weighted by molar-refractivity contribution is 4.92. The molecule has 2 atom stereocenters. The molecule has 0 aromatic rings. The third-order valence-corrected chi connectivity index (χ3v) is 4.58. The average molecular weight is 241 g/mol. The standard InChI is InChI=1S/C14H27NO2/c1-11-6-13(2,3)5-4-12(11)15-7-14(8-16)9-17-10-14/h11-12,15-16H,4-10H2,1-3H3. The summed E-state index contributed by atoms with van der Waals surface area (Å²) < 4.78 is 5.23. The van der Waals surface area contributed by atoms with E-state index in [0.717, 1.165) is 12.5 Å². The molecule has 0 amide bonds. The molecule has 0 radical (unpaired) electrons. The lowest BCUT2D eigenvalue weighted by Gasteiger charge is -2.44. The van der Waals surface area contributed by atoms with Crippen LogP contribution in [-0.2, 0) is 4.74 Å². The fraction of sp³-hybridized carbons (Fsp3) is 1.00. The molecule has 2 N–H and O–H groups in total. The van der Waals surface area contributed by atoms with Crippen molar-refractivity contribution in [3.63, 3.8) is 0 Å². The van der Waals surface area contributed by atoms with Crippen molar-refractivity contribution in [2.75, 3.05) is 26.4 Å². The van der Waals surface area contributed by atoms with Gasteiger partial charge in [0.25, 0.3) is 0 Å². The van der Waals surface area contributed by atoms with Crippen molar-refractivity contribution >= 4 is 0 Å². The monoisotopic (exact) mass is 241 g/mol. The lowest BCUT2D eigenvalue weighted by molar-refractivity contribution is -0.136. The molecule has 0 aromatic heterocycles. The van der Waals surface area contributed by atoms with E-state index in [4.69, 9.17) is 4.74 Å². The van der Waals surface area contributed by atoms with E-state index in [2.05, 4.69) is 26.1 Å². The Bertz CT molecular complexity index is 255. The highest BCUT2D eigenvalue weighted by Gasteiger charge is 2.39. The Morgan fingerprint density at radius 3 is 2.53 bits per heavy atom. The number of hydrogen-bond donors (Lipinski definition) is 2. The molecule has 17 heavy (non-hydrogen) atoms. The molecule has 3 nitrogen and oxygen atoms in total. The smallest absolute Gasteiger partial charge is 0.0579 e. The van der Waals surface area contributed by atoms with Crippen LogP contribution in [-0.4, -0.2) is 37.5 Å². The van der Waals surface area contributed by atoms with E-state index in [-0.39, 0.29) is 12.0 Å². The quantitative estimate of drug-likeness (QED) is 0.788. The lowest BCUT2D eigenvalue weighted by Crippen LogP contribution is -2.55. The molecular weight excluding hydrogens is 214 g/mol. The first-order valence-corrected chi connectivity index (χ1v) is 6.88. The molecular formula is C14H27NO2. The van der Waals surface area contributed by atoms with Crippen LogP contribution >= 0.6 is 0 Å². The van der Waals surface area contributed by atoms with Gasteiger partial charge in [-0.3, -0.25) is 0 Å². The minimum absolute atomic E-state index is 0.00663. The van der Waals surface area contributed by atoms with E-state index < -0.39 is 0 Å². The second kappa shape index (κ2) is 4.87. The Labute approximate surface area is 105 Å². The zero-order valence-electron chi connectivity index (χ0n) is 11.5. The van der Waals surface area contributed by atoms with E-state index in [9.17, 15) is 5.11 Å². The van der Waals surface area contributed by atoms with Crippen molar-refractivity contribution in [2.45, 2.75) is 46.1 Å². The van der Waals surface area contributed by atoms with Gasteiger partial charge in [-0.05, 0) is 30.6 Å². The van der Waals surface area contributed by atoms with E-state index in [1.807, 2.05) is 0 Å². The average Bonchev–Trinajstić information content (AvgIpc) is 2.18. The summed E-state index contributed by atoms with van der Waals surface area (Å²) in [5.74, 6) is 0.732. The van der Waals surface area contributed by atoms with Crippen molar-refractivity contribution in [1.82, 2.24) is 5.32 Å². The van der Waals surface area contributed by atoms with Crippen LogP contribution in [0.4, 0.5) is 0 Å². The van der Waals surface area contributed by atoms with Crippen molar-refractivity contribution in [2.24, 2.45) is 16.7 Å². The highest BCUT2D eigenvalue weighted by Crippen LogP contribution is 2.38. The van der Waals surface area contributed by atoms with Gasteiger partial charge in [-0.1, -0.05) is 20.8 Å². The number of ether oxygens (including phenoxy) is 1. The van der Waals surface area contributed by atoms with Gasteiger partial charge in [-0.15, -0.1) is 0 Å². The summed E-state index contributed by atoms with van der Waals surface area (Å²) in [5, 5.41) is 13.1. The molecule has 0 aromatic carbocycles. The third-order valence-electron chi connectivity index (χ3n) is 4.58. The molecule has 2 aliphatic rings. The van der Waals surface area contributed by atoms with Gasteiger partial charge in [0.05, 0.1) is 25.2 Å². The molecule has 1 saturated heterocycles. The number of hydrogen-bond acceptors (Lipinski definition) is 3. The fourth-order valence-electron chi connectivity index (χ4n) is 3.24. The van der Waals surface area contributed by atoms with Gasteiger partial charge in [0, 0.05) is 12.6 Å². The second-order valence-corrected chi connectivity index (χ2v) is 7.02. The maximum Gasteiger partial charge on any atom is 0.0579 e. The number of rotatable bonds is 4. The van der Waals surface area contributed by atoms with Gasteiger partial charge in [0.15, 0.2) is 0 Å². The van der Waals surface area contributed by atoms with Crippen molar-refractivity contribution < 1.29 is 9.84 Å². The van der Waals surface area contributed by atoms with Gasteiger partial charge >= 0.3 is 0 Å². The summed E-state index contributed by atoms with van der Waals surface area (Å²) in [5.41, 5.74) is 0.512. The maximum atomic E-state index is 9.39. The summed E-state index contributed by atoms with van der Waals surface area (Å²) >= 11 is 0. The van der Waals surface area contributed by atoms with Gasteiger partial charge in [-0.25, -0.2) is 0 Å². The van der Waals surface area contributed by atoms with E-state index in [1.165, 1.54) is 19.3 Å². The maximum absolute atomic E-state index is 9.39. The molecule has 1 aliphatic carbocycles. The summed E-state index contributed by atoms with van der Waals surface area (Å²) in [4.78, 5) is 0. The predicted molar refractivity (Wildman–Crippen MR) is 68.9 cm³/mol. The Hall–Kier alpha value is -0.120. The molecule has 2 fully saturated rings. The van der Waals surface area contributed by atoms with Crippen LogP contribution in [0.3, 0.4) is 0 Å². The predicted octanol–water partition coefficient (Wildman–Crippen LogP) is 1.80. The molecule has 1 heterocycles. The lowest BCUT2D eigenvalue weighted by atomic mass is 9.70. The molecule has 0 bridgehead atoms. The van der Waals surface area contributed by atoms with Crippen LogP contribution in [0.15, 0.2) is 0 Å². The Morgan fingerprint density at radius 1 is 1.35 bits per heavy atom. The van der Waals surface area contributed by atoms with Crippen LogP contribution in [0.2, 0.25) is 0 Å². The van der Waals surface area contributed by atoms with E-state index in [1.54, 1.807) is 0 Å². The number of aliphatic hydroxyl groups is 1. The van der Waals surface area contributed by atoms with Gasteiger partial charge < -0.3 is 15.2 Å². The van der Waals surface area contributed by atoms with Crippen LogP contribution in [0, 0.1) is 16.7 Å². The first-order valence-electron chi connectivity index (χ1n) is 6.88. The van der Waals surface area contributed by atoms with E-state index in [0.29, 0.717) is 24.7 Å². The first-order chi connectivity index (χ1) is 7.96. The van der Waals surface area contributed by atoms with Gasteiger partial charge in [0.2, 0.25) is 0 Å². The topological polar surface area (TPSA) is 41.5 Å². The zero-order valence-corrected chi connectivity index (χ0v) is 11.5. The van der Waals surface area contributed by atoms with Crippen molar-refractivity contribution in [1.29, 1.82) is 0 Å². The summed E-state index contributed by atoms with van der Waals surface area (Å²) in [6.07, 6.45) is 3.86. The van der Waals surface area contributed by atoms with Crippen molar-refractivity contribution in [3.8, 4) is 0 Å². The summed E-state index contributed by atoms with van der Waals surface area (Å²) in [6, 6.07) is 0.618. The minimum atomic E-state index is 0.00663. The molecule has 0 spiro atoms. The first kappa shape index (κ1) is 13.3. The Kier molecular flexibility index (Phi) is 3.81. The Morgan fingerprint density at radius 2 is 2.06 bits per heavy atom. The van der Waals surface area contributed by atoms with Gasteiger partial charge in [0.1, 0.15) is 0 Å². The fourth-order valence-corrected chi connectivity index (χ4v) is 3.24. The van der Waals surface area contributed by atoms with Crippen LogP contribution in [0.25, 0.3) is 0 Å². The molecule has 2 rings (SSSR count). The van der Waals surface area contributed by atoms with Crippen LogP contribution < -0.4 is 5.32 Å². The summed E-state index contributed by atoms with van der Waals surface area (Å²) in [7, 11) is 0. The third kappa shape index (κ3) is 3.01. The molecule has 100 valence electrons. The molecule has 1 aliphatic heterocycles. The number of aliphatic hydroxyl groups excluding tert-OH is 1. The normalized spacial score (nSPS) is 35.3. The van der Waals surface area contributed by atoms with Gasteiger partial charge in [-0.2, -0.15) is 0 Å². The molecule has 1 saturated carbocycles. The highest BCUT2D eigenvalue weighted by atomic mass is 16.5. The second-order valence-electron chi connectivity index (χ2n) is 7.02. The summed E-state index contributed by atoms with van der Waals surface area (Å²) in [6.45, 7) is 9.66. The van der Waals surface area contributed by atoms with Crippen LogP contribution in [0.1, 0.15) is 40.0 Å². The molecule has 3 heteroatoms. The van der Waals surface area contributed by atoms with Crippen LogP contribution in [0.5, 0.6) is 0 Å². The Balaban J connectivity index is 1.80.